The van der Waals surface area contributed by atoms with Crippen molar-refractivity contribution in [3.63, 3.8) is 0 Å². The number of rotatable bonds is 6. The monoisotopic (exact) mass is 507 g/mol. The molecule has 3 aromatic carbocycles. The molecule has 1 heterocycles. The molecule has 0 radical (unpaired) electrons. The van der Waals surface area contributed by atoms with E-state index in [1.807, 2.05) is 25.1 Å². The average Bonchev–Trinajstić information content (AvgIpc) is 2.82. The van der Waals surface area contributed by atoms with E-state index in [1.165, 1.54) is 9.49 Å². The molecule has 4 rings (SSSR count). The first kappa shape index (κ1) is 25.4. The summed E-state index contributed by atoms with van der Waals surface area (Å²) in [6.07, 6.45) is 0.297. The maximum atomic E-state index is 13.9. The second-order valence-electron chi connectivity index (χ2n) is 10.1. The zero-order chi connectivity index (χ0) is 25.4. The van der Waals surface area contributed by atoms with Gasteiger partial charge in [-0.2, -0.15) is 4.31 Å². The number of hydrogen-bond donors (Lipinski definition) is 0. The Labute approximate surface area is 209 Å². The third-order valence-corrected chi connectivity index (χ3v) is 10.4. The van der Waals surface area contributed by atoms with E-state index in [1.54, 1.807) is 31.2 Å². The van der Waals surface area contributed by atoms with Crippen LogP contribution in [0.3, 0.4) is 0 Å². The van der Waals surface area contributed by atoms with Crippen molar-refractivity contribution in [3.8, 4) is 11.1 Å². The first-order valence-corrected chi connectivity index (χ1v) is 16.9. The molecule has 5 nitrogen and oxygen atoms in total. The van der Waals surface area contributed by atoms with Crippen LogP contribution in [0.1, 0.15) is 23.6 Å². The fraction of sp³-hybridized carbons (Fsp3) is 0.321. The Hall–Kier alpha value is -2.74. The predicted molar refractivity (Wildman–Crippen MR) is 143 cm³/mol. The number of carbonyl (C=O) groups excluding carboxylic acids is 1. The number of nitrogens with zero attached hydrogens (tertiary/aromatic N) is 1. The first-order valence-electron chi connectivity index (χ1n) is 12.0. The molecule has 3 aromatic rings. The molecule has 0 aliphatic carbocycles. The van der Waals surface area contributed by atoms with E-state index in [4.69, 9.17) is 4.74 Å². The molecule has 7 heteroatoms. The molecule has 1 aliphatic heterocycles. The summed E-state index contributed by atoms with van der Waals surface area (Å²) in [5.41, 5.74) is 5.29. The molecule has 0 saturated carbocycles. The van der Waals surface area contributed by atoms with Gasteiger partial charge in [-0.05, 0) is 53.4 Å². The largest absolute Gasteiger partial charge is 0.465 e. The van der Waals surface area contributed by atoms with Gasteiger partial charge in [0.1, 0.15) is 6.04 Å². The summed E-state index contributed by atoms with van der Waals surface area (Å²) in [6, 6.07) is 20.3. The van der Waals surface area contributed by atoms with Gasteiger partial charge in [0, 0.05) is 13.0 Å². The predicted octanol–water partition coefficient (Wildman–Crippen LogP) is 4.89. The van der Waals surface area contributed by atoms with Crippen LogP contribution < -0.4 is 5.19 Å². The van der Waals surface area contributed by atoms with Gasteiger partial charge in [0.2, 0.25) is 10.0 Å². The number of aryl methyl sites for hydroxylation is 1. The van der Waals surface area contributed by atoms with Crippen molar-refractivity contribution in [2.75, 3.05) is 6.61 Å². The van der Waals surface area contributed by atoms with Crippen LogP contribution in [0.2, 0.25) is 19.6 Å². The highest BCUT2D eigenvalue weighted by molar-refractivity contribution is 7.89. The van der Waals surface area contributed by atoms with Gasteiger partial charge >= 0.3 is 5.97 Å². The lowest BCUT2D eigenvalue weighted by molar-refractivity contribution is -0.148. The van der Waals surface area contributed by atoms with Crippen molar-refractivity contribution < 1.29 is 17.9 Å². The van der Waals surface area contributed by atoms with Gasteiger partial charge < -0.3 is 4.74 Å². The zero-order valence-electron chi connectivity index (χ0n) is 21.0. The Morgan fingerprint density at radius 2 is 1.66 bits per heavy atom. The third-order valence-electron chi connectivity index (χ3n) is 6.51. The molecule has 0 saturated heterocycles. The topological polar surface area (TPSA) is 63.7 Å². The Bertz CT molecular complexity index is 1330. The lowest BCUT2D eigenvalue weighted by Crippen LogP contribution is -2.52. The lowest BCUT2D eigenvalue weighted by Gasteiger charge is -2.38. The summed E-state index contributed by atoms with van der Waals surface area (Å²) < 4.78 is 34.4. The highest BCUT2D eigenvalue weighted by Gasteiger charge is 2.42. The molecule has 0 aromatic heterocycles. The van der Waals surface area contributed by atoms with Crippen LogP contribution in [-0.4, -0.2) is 39.4 Å². The molecule has 0 spiro atoms. The molecule has 1 atom stereocenters. The van der Waals surface area contributed by atoms with Crippen LogP contribution in [0.15, 0.2) is 71.6 Å². The van der Waals surface area contributed by atoms with E-state index in [0.717, 1.165) is 27.8 Å². The quantitative estimate of drug-likeness (QED) is 0.352. The van der Waals surface area contributed by atoms with E-state index in [0.29, 0.717) is 6.42 Å². The molecule has 35 heavy (non-hydrogen) atoms. The van der Waals surface area contributed by atoms with Crippen LogP contribution in [-0.2, 0) is 32.5 Å². The Balaban J connectivity index is 1.91. The lowest BCUT2D eigenvalue weighted by atomic mass is 9.92. The smallest absolute Gasteiger partial charge is 0.324 e. The minimum Gasteiger partial charge on any atom is -0.465 e. The maximum absolute atomic E-state index is 13.9. The molecule has 184 valence electrons. The van der Waals surface area contributed by atoms with E-state index in [-0.39, 0.29) is 18.0 Å². The molecular weight excluding hydrogens is 474 g/mol. The maximum Gasteiger partial charge on any atom is 0.324 e. The first-order chi connectivity index (χ1) is 16.5. The average molecular weight is 508 g/mol. The van der Waals surface area contributed by atoms with Crippen molar-refractivity contribution in [1.29, 1.82) is 0 Å². The number of ether oxygens (including phenoxy) is 1. The fourth-order valence-corrected chi connectivity index (χ4v) is 8.62. The van der Waals surface area contributed by atoms with Gasteiger partial charge in [0.25, 0.3) is 0 Å². The summed E-state index contributed by atoms with van der Waals surface area (Å²) >= 11 is 0. The normalized spacial score (nSPS) is 16.5. The van der Waals surface area contributed by atoms with Crippen LogP contribution in [0, 0.1) is 6.92 Å². The number of carbonyl (C=O) groups is 1. The highest BCUT2D eigenvalue weighted by Crippen LogP contribution is 2.33. The van der Waals surface area contributed by atoms with Crippen molar-refractivity contribution >= 4 is 29.3 Å². The van der Waals surface area contributed by atoms with Crippen molar-refractivity contribution in [3.05, 3.63) is 83.4 Å². The van der Waals surface area contributed by atoms with E-state index in [2.05, 4.69) is 43.9 Å². The van der Waals surface area contributed by atoms with Gasteiger partial charge in [-0.25, -0.2) is 8.42 Å². The van der Waals surface area contributed by atoms with Crippen LogP contribution in [0.4, 0.5) is 0 Å². The van der Waals surface area contributed by atoms with Gasteiger partial charge in [-0.15, -0.1) is 0 Å². The van der Waals surface area contributed by atoms with Crippen molar-refractivity contribution in [2.45, 2.75) is 57.4 Å². The van der Waals surface area contributed by atoms with Crippen LogP contribution in [0.25, 0.3) is 11.1 Å². The van der Waals surface area contributed by atoms with Gasteiger partial charge in [-0.1, -0.05) is 79.8 Å². The zero-order valence-corrected chi connectivity index (χ0v) is 22.9. The number of benzene rings is 3. The van der Waals surface area contributed by atoms with E-state index < -0.39 is 30.1 Å². The third kappa shape index (κ3) is 4.99. The van der Waals surface area contributed by atoms with Gasteiger partial charge in [-0.3, -0.25) is 4.79 Å². The molecule has 0 bridgehead atoms. The summed E-state index contributed by atoms with van der Waals surface area (Å²) in [6.45, 7) is 10.9. The number of sulfonamides is 1. The fourth-order valence-electron chi connectivity index (χ4n) is 4.89. The molecule has 1 unspecified atom stereocenters. The highest BCUT2D eigenvalue weighted by atomic mass is 32.2. The number of esters is 1. The molecule has 0 fully saturated rings. The summed E-state index contributed by atoms with van der Waals surface area (Å²) in [5.74, 6) is -0.504. The van der Waals surface area contributed by atoms with Crippen molar-refractivity contribution in [1.82, 2.24) is 4.31 Å². The standard InChI is InChI=1S/C28H33NO4SSi/c1-6-33-28(30)26-18-22-14-17-24(21-10-8-7-9-11-21)27(35(3,4)5)25(22)19-29(26)34(31,32)23-15-12-20(2)13-16-23/h7-17,26H,6,18-19H2,1-5H3. The van der Waals surface area contributed by atoms with Crippen LogP contribution in [0.5, 0.6) is 0 Å². The Morgan fingerprint density at radius 1 is 1.00 bits per heavy atom. The molecule has 0 N–H and O–H groups in total. The summed E-state index contributed by atoms with van der Waals surface area (Å²) in [7, 11) is -5.84. The second-order valence-corrected chi connectivity index (χ2v) is 17.0. The minimum absolute atomic E-state index is 0.148. The van der Waals surface area contributed by atoms with E-state index in [9.17, 15) is 13.2 Å². The van der Waals surface area contributed by atoms with E-state index >= 15 is 0 Å². The van der Waals surface area contributed by atoms with Crippen LogP contribution >= 0.6 is 0 Å². The summed E-state index contributed by atoms with van der Waals surface area (Å²) in [4.78, 5) is 13.2. The van der Waals surface area contributed by atoms with Gasteiger partial charge in [0.05, 0.1) is 19.6 Å². The number of fused-ring (bicyclic) bond motifs is 1. The SMILES string of the molecule is CCOC(=O)C1Cc2ccc(-c3ccccc3)c([Si](C)(C)C)c2CN1S(=O)(=O)c1ccc(C)cc1. The second kappa shape index (κ2) is 9.72. The minimum atomic E-state index is -3.93. The molecule has 0 amide bonds. The summed E-state index contributed by atoms with van der Waals surface area (Å²) in [5, 5.41) is 1.24. The Kier molecular flexibility index (Phi) is 7.04. The number of hydrogen-bond acceptors (Lipinski definition) is 4. The molecule has 1 aliphatic rings. The molecular formula is C28H33NO4SSi. The van der Waals surface area contributed by atoms with Crippen molar-refractivity contribution in [2.24, 2.45) is 0 Å². The Morgan fingerprint density at radius 3 is 2.26 bits per heavy atom. The van der Waals surface area contributed by atoms with Gasteiger partial charge in [0.15, 0.2) is 0 Å².